The van der Waals surface area contributed by atoms with Crippen LogP contribution in [0.2, 0.25) is 0 Å². The SMILES string of the molecule is O=C1CCC(Nc2ccc(C3CCN(CC(=O)N4CCN(c5ccc(-c6cc(F)c7c(c6)C(=O)N(C(C(=O)Nc6nccs6)c6cccc(F)c6)C7)cc5)CC4)CC3)cc2)C(=O)N1. The number of amides is 5. The summed E-state index contributed by atoms with van der Waals surface area (Å²) in [6.45, 7) is 4.43. The Labute approximate surface area is 367 Å². The Kier molecular flexibility index (Phi) is 12.0. The van der Waals surface area contributed by atoms with Gasteiger partial charge in [0.15, 0.2) is 5.13 Å². The lowest BCUT2D eigenvalue weighted by atomic mass is 9.89. The molecule has 0 saturated carbocycles. The normalized spacial score (nSPS) is 18.9. The van der Waals surface area contributed by atoms with Crippen LogP contribution in [0.1, 0.15) is 64.7 Å². The third-order valence-electron chi connectivity index (χ3n) is 12.5. The topological polar surface area (TPSA) is 147 Å². The van der Waals surface area contributed by atoms with E-state index in [-0.39, 0.29) is 41.0 Å². The van der Waals surface area contributed by atoms with E-state index in [2.05, 4.69) is 42.9 Å². The Morgan fingerprint density at radius 2 is 1.62 bits per heavy atom. The first-order valence-corrected chi connectivity index (χ1v) is 22.1. The molecule has 9 rings (SSSR count). The van der Waals surface area contributed by atoms with Gasteiger partial charge in [-0.05, 0) is 109 Å². The van der Waals surface area contributed by atoms with Crippen molar-refractivity contribution in [3.8, 4) is 11.1 Å². The molecule has 3 saturated heterocycles. The zero-order valence-corrected chi connectivity index (χ0v) is 35.2. The molecule has 324 valence electrons. The fourth-order valence-corrected chi connectivity index (χ4v) is 9.58. The van der Waals surface area contributed by atoms with Crippen LogP contribution in [-0.2, 0) is 25.7 Å². The summed E-state index contributed by atoms with van der Waals surface area (Å²) in [6.07, 6.45) is 4.24. The van der Waals surface area contributed by atoms with Gasteiger partial charge in [0.2, 0.25) is 17.7 Å². The highest BCUT2D eigenvalue weighted by Gasteiger charge is 2.40. The van der Waals surface area contributed by atoms with E-state index >= 15 is 4.39 Å². The molecule has 0 spiro atoms. The molecule has 1 aromatic heterocycles. The van der Waals surface area contributed by atoms with Crippen molar-refractivity contribution in [3.63, 3.8) is 0 Å². The van der Waals surface area contributed by atoms with Gasteiger partial charge in [0, 0.05) is 66.7 Å². The lowest BCUT2D eigenvalue weighted by Crippen LogP contribution is -2.51. The van der Waals surface area contributed by atoms with Crippen LogP contribution in [0.3, 0.4) is 0 Å². The molecular formula is C47H46F2N8O5S. The summed E-state index contributed by atoms with van der Waals surface area (Å²) in [5.41, 5.74) is 4.86. The predicted octanol–water partition coefficient (Wildman–Crippen LogP) is 6.17. The number of halogens is 2. The molecule has 63 heavy (non-hydrogen) atoms. The van der Waals surface area contributed by atoms with Gasteiger partial charge in [-0.15, -0.1) is 11.3 Å². The maximum atomic E-state index is 15.8. The second-order valence-electron chi connectivity index (χ2n) is 16.4. The maximum absolute atomic E-state index is 15.8. The van der Waals surface area contributed by atoms with Crippen molar-refractivity contribution in [2.45, 2.75) is 50.2 Å². The molecule has 3 N–H and O–H groups in total. The minimum Gasteiger partial charge on any atom is -0.374 e. The van der Waals surface area contributed by atoms with Crippen molar-refractivity contribution < 1.29 is 32.8 Å². The van der Waals surface area contributed by atoms with E-state index in [9.17, 15) is 28.4 Å². The molecule has 2 atom stereocenters. The fourth-order valence-electron chi connectivity index (χ4n) is 9.05. The summed E-state index contributed by atoms with van der Waals surface area (Å²) < 4.78 is 30.2. The van der Waals surface area contributed by atoms with Crippen LogP contribution in [0, 0.1) is 11.6 Å². The van der Waals surface area contributed by atoms with E-state index in [1.54, 1.807) is 17.5 Å². The number of hydrogen-bond acceptors (Lipinski definition) is 10. The largest absolute Gasteiger partial charge is 0.374 e. The Hall–Kier alpha value is -6.52. The summed E-state index contributed by atoms with van der Waals surface area (Å²) in [7, 11) is 0. The number of aromatic nitrogens is 1. The first-order valence-electron chi connectivity index (χ1n) is 21.2. The van der Waals surface area contributed by atoms with Crippen molar-refractivity contribution >= 4 is 57.4 Å². The first kappa shape index (κ1) is 41.8. The van der Waals surface area contributed by atoms with Gasteiger partial charge < -0.3 is 20.0 Å². The van der Waals surface area contributed by atoms with Crippen LogP contribution in [0.4, 0.5) is 25.3 Å². The minimum atomic E-state index is -1.23. The summed E-state index contributed by atoms with van der Waals surface area (Å²) in [6, 6.07) is 22.7. The molecule has 2 unspecified atom stereocenters. The molecule has 5 heterocycles. The minimum absolute atomic E-state index is 0.126. The van der Waals surface area contributed by atoms with E-state index in [4.69, 9.17) is 0 Å². The van der Waals surface area contributed by atoms with Crippen molar-refractivity contribution in [3.05, 3.63) is 130 Å². The molecule has 5 aromatic rings. The average molecular weight is 873 g/mol. The standard InChI is InChI=1S/C47H46F2N8O5S/c48-34-3-1-2-32(24-34)43(45(61)53-47-50-16-23-63-47)57-27-38-37(46(57)62)25-33(26-39(38)49)30-6-10-36(11-7-30)55-19-21-56(22-20-55)42(59)28-54-17-14-31(15-18-54)29-4-8-35(9-5-29)51-40-12-13-41(58)52-44(40)60/h1-11,16,23-26,31,40,43,51H,12-15,17-22,27-28H2,(H,50,53,61)(H,52,58,60). The number of nitrogens with zero attached hydrogens (tertiary/aromatic N) is 5. The molecule has 0 radical (unpaired) electrons. The van der Waals surface area contributed by atoms with Gasteiger partial charge in [0.05, 0.1) is 13.1 Å². The molecular weight excluding hydrogens is 827 g/mol. The Morgan fingerprint density at radius 1 is 0.857 bits per heavy atom. The quantitative estimate of drug-likeness (QED) is 0.133. The number of rotatable bonds is 11. The van der Waals surface area contributed by atoms with Crippen LogP contribution in [0.5, 0.6) is 0 Å². The number of thiazole rings is 1. The highest BCUT2D eigenvalue weighted by Crippen LogP contribution is 2.37. The number of fused-ring (bicyclic) bond motifs is 1. The number of benzene rings is 4. The molecule has 0 aliphatic carbocycles. The van der Waals surface area contributed by atoms with Crippen LogP contribution in [-0.4, -0.2) is 101 Å². The van der Waals surface area contributed by atoms with Gasteiger partial charge in [0.25, 0.3) is 11.8 Å². The zero-order valence-electron chi connectivity index (χ0n) is 34.4. The van der Waals surface area contributed by atoms with Crippen molar-refractivity contribution in [1.82, 2.24) is 25.0 Å². The number of likely N-dealkylation sites (tertiary alicyclic amines) is 1. The van der Waals surface area contributed by atoms with E-state index < -0.39 is 35.5 Å². The molecule has 16 heteroatoms. The van der Waals surface area contributed by atoms with Crippen LogP contribution < -0.4 is 20.9 Å². The predicted molar refractivity (Wildman–Crippen MR) is 235 cm³/mol. The second-order valence-corrected chi connectivity index (χ2v) is 17.3. The number of piperazine rings is 1. The molecule has 4 aliphatic rings. The lowest BCUT2D eigenvalue weighted by molar-refractivity contribution is -0.134. The van der Waals surface area contributed by atoms with Gasteiger partial charge in [-0.25, -0.2) is 13.8 Å². The van der Waals surface area contributed by atoms with E-state index in [0.29, 0.717) is 67.7 Å². The summed E-state index contributed by atoms with van der Waals surface area (Å²) >= 11 is 1.21. The lowest BCUT2D eigenvalue weighted by Gasteiger charge is -2.38. The Balaban J connectivity index is 0.768. The van der Waals surface area contributed by atoms with E-state index in [1.165, 1.54) is 52.3 Å². The fraction of sp³-hybridized carbons (Fsp3) is 0.319. The number of piperidine rings is 2. The van der Waals surface area contributed by atoms with Crippen molar-refractivity contribution in [2.24, 2.45) is 0 Å². The average Bonchev–Trinajstić information content (AvgIpc) is 3.93. The summed E-state index contributed by atoms with van der Waals surface area (Å²) in [4.78, 5) is 76.3. The highest BCUT2D eigenvalue weighted by atomic mass is 32.1. The molecule has 3 fully saturated rings. The van der Waals surface area contributed by atoms with Crippen LogP contribution >= 0.6 is 11.3 Å². The number of carbonyl (C=O) groups excluding carboxylic acids is 5. The molecule has 4 aromatic carbocycles. The molecule has 5 amide bonds. The third-order valence-corrected chi connectivity index (χ3v) is 13.2. The molecule has 4 aliphatic heterocycles. The molecule has 13 nitrogen and oxygen atoms in total. The zero-order chi connectivity index (χ0) is 43.6. The monoisotopic (exact) mass is 872 g/mol. The van der Waals surface area contributed by atoms with Crippen LogP contribution in [0.15, 0.2) is 96.5 Å². The number of imide groups is 1. The number of anilines is 3. The molecule has 0 bridgehead atoms. The van der Waals surface area contributed by atoms with Gasteiger partial charge in [-0.1, -0.05) is 36.4 Å². The second kappa shape index (κ2) is 18.1. The van der Waals surface area contributed by atoms with Crippen LogP contribution in [0.25, 0.3) is 11.1 Å². The Bertz CT molecular complexity index is 2520. The van der Waals surface area contributed by atoms with Gasteiger partial charge >= 0.3 is 0 Å². The number of hydrogen-bond donors (Lipinski definition) is 3. The van der Waals surface area contributed by atoms with Gasteiger partial charge in [-0.2, -0.15) is 0 Å². The maximum Gasteiger partial charge on any atom is 0.255 e. The van der Waals surface area contributed by atoms with Gasteiger partial charge in [-0.3, -0.25) is 39.5 Å². The number of carbonyl (C=O) groups is 5. The van der Waals surface area contributed by atoms with Gasteiger partial charge in [0.1, 0.15) is 23.7 Å². The summed E-state index contributed by atoms with van der Waals surface area (Å²) in [5, 5.41) is 10.3. The first-order chi connectivity index (χ1) is 30.6. The third kappa shape index (κ3) is 9.18. The van der Waals surface area contributed by atoms with Crippen molar-refractivity contribution in [2.75, 3.05) is 61.3 Å². The van der Waals surface area contributed by atoms with E-state index in [0.717, 1.165) is 37.3 Å². The highest BCUT2D eigenvalue weighted by molar-refractivity contribution is 7.13. The van der Waals surface area contributed by atoms with E-state index in [1.807, 2.05) is 41.3 Å². The van der Waals surface area contributed by atoms with Crippen molar-refractivity contribution in [1.29, 1.82) is 0 Å². The Morgan fingerprint density at radius 3 is 2.32 bits per heavy atom. The summed E-state index contributed by atoms with van der Waals surface area (Å²) in [5.74, 6) is -2.26. The smallest absolute Gasteiger partial charge is 0.255 e. The number of nitrogens with one attached hydrogen (secondary N) is 3.